The summed E-state index contributed by atoms with van der Waals surface area (Å²) >= 11 is 0. The summed E-state index contributed by atoms with van der Waals surface area (Å²) in [6.45, 7) is 20.9. The number of nitrogens with zero attached hydrogens (tertiary/aromatic N) is 1. The number of likely N-dealkylation sites (tertiary alicyclic amines) is 1. The number of hydrogen-bond donors (Lipinski definition) is 3. The SMILES string of the molecule is C/C=C(\NCC1C(C)CC(CC)N1C(=O)C(NC)C(C)C)c1ccc(-c2ccc(OS(=O)(=O)C(F)(F)F)c3c2C2(CCCC2)CC3)cc1.C=C.CC.O=CO. The van der Waals surface area contributed by atoms with Gasteiger partial charge >= 0.3 is 15.6 Å². The number of alkyl halides is 3. The van der Waals surface area contributed by atoms with Crippen LogP contribution in [0.3, 0.4) is 0 Å². The van der Waals surface area contributed by atoms with E-state index >= 15 is 0 Å². The van der Waals surface area contributed by atoms with Crippen molar-refractivity contribution in [2.45, 2.75) is 129 Å². The van der Waals surface area contributed by atoms with Gasteiger partial charge in [0.1, 0.15) is 5.75 Å². The zero-order valence-corrected chi connectivity index (χ0v) is 34.6. The zero-order valence-electron chi connectivity index (χ0n) is 33.8. The van der Waals surface area contributed by atoms with E-state index in [1.54, 1.807) is 6.07 Å². The molecule has 0 aromatic heterocycles. The van der Waals surface area contributed by atoms with E-state index in [0.29, 0.717) is 24.4 Å². The Labute approximate surface area is 326 Å². The fourth-order valence-electron chi connectivity index (χ4n) is 8.58. The highest BCUT2D eigenvalue weighted by molar-refractivity contribution is 7.88. The van der Waals surface area contributed by atoms with Crippen LogP contribution in [0.25, 0.3) is 16.8 Å². The maximum Gasteiger partial charge on any atom is 0.534 e. The van der Waals surface area contributed by atoms with Crippen molar-refractivity contribution in [2.75, 3.05) is 13.6 Å². The van der Waals surface area contributed by atoms with Crippen LogP contribution in [0.4, 0.5) is 13.2 Å². The zero-order chi connectivity index (χ0) is 41.7. The molecule has 9 nitrogen and oxygen atoms in total. The third-order valence-electron chi connectivity index (χ3n) is 11.0. The van der Waals surface area contributed by atoms with E-state index < -0.39 is 15.6 Å². The topological polar surface area (TPSA) is 125 Å². The van der Waals surface area contributed by atoms with Gasteiger partial charge in [-0.3, -0.25) is 9.59 Å². The molecule has 1 heterocycles. The molecular formula is C42H62F3N3O6S. The summed E-state index contributed by atoms with van der Waals surface area (Å²) in [5.41, 5.74) is -0.436. The number of amides is 1. The molecule has 2 aromatic carbocycles. The van der Waals surface area contributed by atoms with Gasteiger partial charge in [0.15, 0.2) is 0 Å². The lowest BCUT2D eigenvalue weighted by Crippen LogP contribution is -2.54. The largest absolute Gasteiger partial charge is 0.534 e. The van der Waals surface area contributed by atoms with Gasteiger partial charge in [0.2, 0.25) is 5.91 Å². The first kappa shape index (κ1) is 47.3. The molecule has 1 saturated carbocycles. The molecule has 0 radical (unpaired) electrons. The van der Waals surface area contributed by atoms with Gasteiger partial charge in [-0.05, 0) is 98.1 Å². The smallest absolute Gasteiger partial charge is 0.483 e. The molecule has 308 valence electrons. The van der Waals surface area contributed by atoms with Crippen LogP contribution >= 0.6 is 0 Å². The third kappa shape index (κ3) is 10.5. The molecule has 1 spiro atoms. The van der Waals surface area contributed by atoms with Gasteiger partial charge in [-0.2, -0.15) is 21.6 Å². The molecule has 1 saturated heterocycles. The van der Waals surface area contributed by atoms with Crippen molar-refractivity contribution in [1.29, 1.82) is 0 Å². The van der Waals surface area contributed by atoms with E-state index in [4.69, 9.17) is 14.1 Å². The van der Waals surface area contributed by atoms with Crippen LogP contribution < -0.4 is 14.8 Å². The van der Waals surface area contributed by atoms with Crippen LogP contribution in [0.15, 0.2) is 55.6 Å². The number of benzene rings is 2. The summed E-state index contributed by atoms with van der Waals surface area (Å²) in [6, 6.07) is 11.2. The van der Waals surface area contributed by atoms with Crippen molar-refractivity contribution in [3.8, 4) is 16.9 Å². The minimum Gasteiger partial charge on any atom is -0.483 e. The molecule has 2 aliphatic carbocycles. The number of hydrogen-bond acceptors (Lipinski definition) is 7. The van der Waals surface area contributed by atoms with Crippen LogP contribution in [0.5, 0.6) is 5.75 Å². The number of likely N-dealkylation sites (N-methyl/N-ethyl adjacent to an activating group) is 1. The number of carboxylic acid groups (broad SMARTS) is 1. The van der Waals surface area contributed by atoms with Crippen molar-refractivity contribution < 1.29 is 40.5 Å². The second-order valence-corrected chi connectivity index (χ2v) is 15.8. The van der Waals surface area contributed by atoms with Crippen molar-refractivity contribution >= 4 is 28.2 Å². The van der Waals surface area contributed by atoms with Gasteiger partial charge in [0, 0.05) is 23.8 Å². The van der Waals surface area contributed by atoms with E-state index in [9.17, 15) is 26.4 Å². The molecule has 55 heavy (non-hydrogen) atoms. The predicted molar refractivity (Wildman–Crippen MR) is 215 cm³/mol. The third-order valence-corrected chi connectivity index (χ3v) is 12.0. The molecule has 4 atom stereocenters. The highest BCUT2D eigenvalue weighted by atomic mass is 32.2. The Balaban J connectivity index is 0.00000140. The molecule has 1 amide bonds. The fourth-order valence-corrected chi connectivity index (χ4v) is 9.06. The van der Waals surface area contributed by atoms with Crippen LogP contribution in [0.1, 0.15) is 110 Å². The second kappa shape index (κ2) is 20.9. The molecule has 5 rings (SSSR count). The highest BCUT2D eigenvalue weighted by Crippen LogP contribution is 2.55. The minimum absolute atomic E-state index is 0.0540. The molecule has 4 unspecified atom stereocenters. The fraction of sp³-hybridized carbons (Fsp3) is 0.571. The summed E-state index contributed by atoms with van der Waals surface area (Å²) < 4.78 is 68.3. The number of carbonyl (C=O) groups is 2. The normalized spacial score (nSPS) is 20.6. The first-order valence-corrected chi connectivity index (χ1v) is 20.8. The minimum atomic E-state index is -5.78. The van der Waals surface area contributed by atoms with E-state index in [1.165, 1.54) is 6.07 Å². The Kier molecular flexibility index (Phi) is 18.0. The molecule has 0 bridgehead atoms. The summed E-state index contributed by atoms with van der Waals surface area (Å²) in [7, 11) is -3.93. The first-order valence-electron chi connectivity index (χ1n) is 19.3. The lowest BCUT2D eigenvalue weighted by molar-refractivity contribution is -0.137. The van der Waals surface area contributed by atoms with E-state index in [-0.39, 0.29) is 47.6 Å². The average molecular weight is 794 g/mol. The van der Waals surface area contributed by atoms with Crippen molar-refractivity contribution in [3.63, 3.8) is 0 Å². The average Bonchev–Trinajstić information content (AvgIpc) is 3.88. The van der Waals surface area contributed by atoms with Gasteiger partial charge in [-0.15, -0.1) is 13.2 Å². The summed E-state index contributed by atoms with van der Waals surface area (Å²) in [4.78, 5) is 24.2. The molecular weight excluding hydrogens is 732 g/mol. The molecule has 3 N–H and O–H groups in total. The second-order valence-electron chi connectivity index (χ2n) is 14.3. The number of rotatable bonds is 11. The molecule has 3 aliphatic rings. The van der Waals surface area contributed by atoms with Gasteiger partial charge < -0.3 is 24.8 Å². The Bertz CT molecular complexity index is 1690. The van der Waals surface area contributed by atoms with Crippen LogP contribution in [-0.2, 0) is 31.5 Å². The lowest BCUT2D eigenvalue weighted by Gasteiger charge is -2.35. The quantitative estimate of drug-likeness (QED) is 0.0891. The number of nitrogens with one attached hydrogen (secondary N) is 2. The Hall–Kier alpha value is -3.84. The number of carbonyl (C=O) groups excluding carboxylic acids is 1. The van der Waals surface area contributed by atoms with Crippen molar-refractivity contribution in [2.24, 2.45) is 11.8 Å². The summed E-state index contributed by atoms with van der Waals surface area (Å²) in [5, 5.41) is 13.8. The number of fused-ring (bicyclic) bond motifs is 2. The number of allylic oxidation sites excluding steroid dienone is 1. The van der Waals surface area contributed by atoms with Gasteiger partial charge in [0.25, 0.3) is 6.47 Å². The lowest BCUT2D eigenvalue weighted by atomic mass is 9.77. The molecule has 2 fully saturated rings. The highest BCUT2D eigenvalue weighted by Gasteiger charge is 2.50. The molecule has 13 heteroatoms. The van der Waals surface area contributed by atoms with Crippen LogP contribution in [0, 0.1) is 11.8 Å². The Morgan fingerprint density at radius 1 is 1.09 bits per heavy atom. The van der Waals surface area contributed by atoms with Crippen molar-refractivity contribution in [3.05, 3.63) is 72.3 Å². The monoisotopic (exact) mass is 793 g/mol. The van der Waals surface area contributed by atoms with E-state index in [2.05, 4.69) is 56.4 Å². The summed E-state index contributed by atoms with van der Waals surface area (Å²) in [5.74, 6) is 0.456. The number of halogens is 3. The van der Waals surface area contributed by atoms with E-state index in [0.717, 1.165) is 72.9 Å². The molecule has 2 aromatic rings. The van der Waals surface area contributed by atoms with Crippen molar-refractivity contribution in [1.82, 2.24) is 15.5 Å². The van der Waals surface area contributed by atoms with Crippen LogP contribution in [0.2, 0.25) is 0 Å². The van der Waals surface area contributed by atoms with Gasteiger partial charge in [0.05, 0.1) is 12.1 Å². The van der Waals surface area contributed by atoms with Gasteiger partial charge in [-0.25, -0.2) is 0 Å². The van der Waals surface area contributed by atoms with Gasteiger partial charge in [-0.1, -0.05) is 90.8 Å². The molecule has 1 aliphatic heterocycles. The summed E-state index contributed by atoms with van der Waals surface area (Å²) in [6.07, 6.45) is 9.02. The van der Waals surface area contributed by atoms with Crippen LogP contribution in [-0.4, -0.2) is 68.0 Å². The standard InChI is InChI=1S/C37H50F3N3O4S.C2H6.C2H4.CH2O2/c1-7-27-21-24(5)31(43(27)35(44)34(41-6)23(3)4)22-42-30(8-2)26-13-11-25(12-14-26)28-15-16-32(47-48(45,46)37(38,39)40)29-17-20-36(33(28)29)18-9-10-19-36;2*1-2;2-1-3/h8,11-16,23-24,27,31,34,41-42H,7,9-10,17-22H2,1-6H3;1-2H3;1-2H2;1H,(H,2,3)/b30-8-;;;. The maximum atomic E-state index is 13.7. The first-order chi connectivity index (χ1) is 26.1. The predicted octanol–water partition coefficient (Wildman–Crippen LogP) is 9.08. The maximum absolute atomic E-state index is 13.7. The van der Waals surface area contributed by atoms with E-state index in [1.807, 2.05) is 58.2 Å². The Morgan fingerprint density at radius 2 is 1.67 bits per heavy atom. The Morgan fingerprint density at radius 3 is 2.16 bits per heavy atom.